The molecule has 1 aliphatic heterocycles. The number of benzene rings is 1. The number of hydrogen-bond acceptors (Lipinski definition) is 4. The lowest BCUT2D eigenvalue weighted by Crippen LogP contribution is -1.95. The number of nitrogens with two attached hydrogens (primary N) is 1. The first-order valence-electron chi connectivity index (χ1n) is 5.03. The standard InChI is InChI=1S/C12H11NO2S/c13-4-9-5-16-6-10(9)8-1-2-11-12(3-8)15-7-14-11/h1-3,5-6H,4,7,13H2. The summed E-state index contributed by atoms with van der Waals surface area (Å²) in [5, 5.41) is 4.19. The molecule has 4 heteroatoms. The molecule has 0 bridgehead atoms. The van der Waals surface area contributed by atoms with Gasteiger partial charge in [-0.2, -0.15) is 11.3 Å². The molecule has 16 heavy (non-hydrogen) atoms. The van der Waals surface area contributed by atoms with Crippen LogP contribution in [0.3, 0.4) is 0 Å². The van der Waals surface area contributed by atoms with Gasteiger partial charge in [0.25, 0.3) is 0 Å². The molecular formula is C12H11NO2S. The van der Waals surface area contributed by atoms with E-state index in [1.54, 1.807) is 11.3 Å². The molecule has 0 spiro atoms. The van der Waals surface area contributed by atoms with E-state index in [2.05, 4.69) is 10.8 Å². The van der Waals surface area contributed by atoms with Crippen LogP contribution in [0.15, 0.2) is 29.0 Å². The Kier molecular flexibility index (Phi) is 2.31. The van der Waals surface area contributed by atoms with E-state index in [0.29, 0.717) is 13.3 Å². The number of fused-ring (bicyclic) bond motifs is 1. The third kappa shape index (κ3) is 1.47. The fourth-order valence-electron chi connectivity index (χ4n) is 1.80. The van der Waals surface area contributed by atoms with Crippen LogP contribution in [0.2, 0.25) is 0 Å². The van der Waals surface area contributed by atoms with Crippen molar-refractivity contribution in [2.24, 2.45) is 5.73 Å². The van der Waals surface area contributed by atoms with Crippen LogP contribution in [-0.2, 0) is 6.54 Å². The zero-order valence-electron chi connectivity index (χ0n) is 8.60. The van der Waals surface area contributed by atoms with Crippen molar-refractivity contribution in [1.29, 1.82) is 0 Å². The highest BCUT2D eigenvalue weighted by atomic mass is 32.1. The minimum atomic E-state index is 0.312. The number of hydrogen-bond donors (Lipinski definition) is 1. The summed E-state index contributed by atoms with van der Waals surface area (Å²) >= 11 is 1.67. The predicted molar refractivity (Wildman–Crippen MR) is 63.8 cm³/mol. The first kappa shape index (κ1) is 9.69. The summed E-state index contributed by atoms with van der Waals surface area (Å²) in [5.74, 6) is 1.62. The molecule has 0 aliphatic carbocycles. The maximum absolute atomic E-state index is 5.70. The molecule has 82 valence electrons. The number of thiophene rings is 1. The topological polar surface area (TPSA) is 44.5 Å². The van der Waals surface area contributed by atoms with Crippen LogP contribution in [0.5, 0.6) is 11.5 Å². The lowest BCUT2D eigenvalue weighted by atomic mass is 10.0. The van der Waals surface area contributed by atoms with Crippen LogP contribution in [-0.4, -0.2) is 6.79 Å². The summed E-state index contributed by atoms with van der Waals surface area (Å²) < 4.78 is 10.6. The first-order chi connectivity index (χ1) is 7.88. The summed E-state index contributed by atoms with van der Waals surface area (Å²) in [4.78, 5) is 0. The monoisotopic (exact) mass is 233 g/mol. The third-order valence-corrected chi connectivity index (χ3v) is 3.44. The van der Waals surface area contributed by atoms with Crippen LogP contribution < -0.4 is 15.2 Å². The third-order valence-electron chi connectivity index (χ3n) is 2.65. The van der Waals surface area contributed by atoms with Crippen molar-refractivity contribution in [2.75, 3.05) is 6.79 Å². The Labute approximate surface area is 97.4 Å². The molecule has 2 N–H and O–H groups in total. The van der Waals surface area contributed by atoms with E-state index in [1.165, 1.54) is 11.1 Å². The van der Waals surface area contributed by atoms with Crippen LogP contribution in [0.1, 0.15) is 5.56 Å². The molecule has 3 nitrogen and oxygen atoms in total. The molecular weight excluding hydrogens is 222 g/mol. The molecule has 2 aromatic rings. The number of ether oxygens (including phenoxy) is 2. The largest absolute Gasteiger partial charge is 0.454 e. The number of rotatable bonds is 2. The van der Waals surface area contributed by atoms with Crippen molar-refractivity contribution in [1.82, 2.24) is 0 Å². The van der Waals surface area contributed by atoms with E-state index in [0.717, 1.165) is 17.1 Å². The normalized spacial score (nSPS) is 13.1. The molecule has 0 saturated heterocycles. The second-order valence-corrected chi connectivity index (χ2v) is 4.33. The quantitative estimate of drug-likeness (QED) is 0.867. The van der Waals surface area contributed by atoms with Gasteiger partial charge in [-0.3, -0.25) is 0 Å². The summed E-state index contributed by atoms with van der Waals surface area (Å²) in [6.07, 6.45) is 0. The van der Waals surface area contributed by atoms with E-state index >= 15 is 0 Å². The Morgan fingerprint density at radius 3 is 2.94 bits per heavy atom. The molecule has 1 aromatic heterocycles. The summed E-state index contributed by atoms with van der Waals surface area (Å²) in [5.41, 5.74) is 9.18. The maximum atomic E-state index is 5.70. The summed E-state index contributed by atoms with van der Waals surface area (Å²) in [7, 11) is 0. The van der Waals surface area contributed by atoms with E-state index in [-0.39, 0.29) is 0 Å². The van der Waals surface area contributed by atoms with Gasteiger partial charge in [-0.15, -0.1) is 0 Å². The Balaban J connectivity index is 2.07. The van der Waals surface area contributed by atoms with Gasteiger partial charge in [0.05, 0.1) is 0 Å². The molecule has 0 saturated carbocycles. The Morgan fingerprint density at radius 2 is 2.06 bits per heavy atom. The maximum Gasteiger partial charge on any atom is 0.231 e. The van der Waals surface area contributed by atoms with Gasteiger partial charge in [-0.25, -0.2) is 0 Å². The van der Waals surface area contributed by atoms with Gasteiger partial charge in [0, 0.05) is 6.54 Å². The fraction of sp³-hybridized carbons (Fsp3) is 0.167. The van der Waals surface area contributed by atoms with E-state index in [4.69, 9.17) is 15.2 Å². The van der Waals surface area contributed by atoms with Crippen molar-refractivity contribution in [3.8, 4) is 22.6 Å². The smallest absolute Gasteiger partial charge is 0.231 e. The highest BCUT2D eigenvalue weighted by Crippen LogP contribution is 2.37. The van der Waals surface area contributed by atoms with Crippen LogP contribution >= 0.6 is 11.3 Å². The van der Waals surface area contributed by atoms with Crippen molar-refractivity contribution >= 4 is 11.3 Å². The molecule has 0 atom stereocenters. The Bertz CT molecular complexity index is 521. The lowest BCUT2D eigenvalue weighted by molar-refractivity contribution is 0.174. The highest BCUT2D eigenvalue weighted by Gasteiger charge is 2.15. The highest BCUT2D eigenvalue weighted by molar-refractivity contribution is 7.08. The van der Waals surface area contributed by atoms with Gasteiger partial charge in [0.1, 0.15) is 0 Å². The first-order valence-corrected chi connectivity index (χ1v) is 5.98. The summed E-state index contributed by atoms with van der Waals surface area (Å²) in [6, 6.07) is 5.98. The zero-order valence-corrected chi connectivity index (χ0v) is 9.42. The van der Waals surface area contributed by atoms with Gasteiger partial charge in [-0.1, -0.05) is 6.07 Å². The average molecular weight is 233 g/mol. The molecule has 1 aromatic carbocycles. The molecule has 3 rings (SSSR count). The van der Waals surface area contributed by atoms with Crippen LogP contribution in [0, 0.1) is 0 Å². The van der Waals surface area contributed by atoms with Gasteiger partial charge in [0.15, 0.2) is 11.5 Å². The minimum Gasteiger partial charge on any atom is -0.454 e. The second kappa shape index (κ2) is 3.81. The van der Waals surface area contributed by atoms with Gasteiger partial charge in [-0.05, 0) is 39.6 Å². The molecule has 1 aliphatic rings. The molecule has 0 unspecified atom stereocenters. The molecule has 0 amide bonds. The Hall–Kier alpha value is -1.52. The van der Waals surface area contributed by atoms with Crippen LogP contribution in [0.4, 0.5) is 0 Å². The predicted octanol–water partition coefficient (Wildman–Crippen LogP) is 2.60. The van der Waals surface area contributed by atoms with E-state index < -0.39 is 0 Å². The second-order valence-electron chi connectivity index (χ2n) is 3.58. The van der Waals surface area contributed by atoms with Gasteiger partial charge >= 0.3 is 0 Å². The van der Waals surface area contributed by atoms with E-state index in [9.17, 15) is 0 Å². The zero-order chi connectivity index (χ0) is 11.0. The van der Waals surface area contributed by atoms with Gasteiger partial charge < -0.3 is 15.2 Å². The average Bonchev–Trinajstić information content (AvgIpc) is 2.96. The molecule has 2 heterocycles. The van der Waals surface area contributed by atoms with Crippen LogP contribution in [0.25, 0.3) is 11.1 Å². The van der Waals surface area contributed by atoms with Crippen molar-refractivity contribution < 1.29 is 9.47 Å². The molecule has 0 fully saturated rings. The van der Waals surface area contributed by atoms with Crippen molar-refractivity contribution in [3.63, 3.8) is 0 Å². The fourth-order valence-corrected chi connectivity index (χ4v) is 2.68. The van der Waals surface area contributed by atoms with Gasteiger partial charge in [0.2, 0.25) is 6.79 Å². The molecule has 0 radical (unpaired) electrons. The Morgan fingerprint density at radius 1 is 1.19 bits per heavy atom. The minimum absolute atomic E-state index is 0.312. The summed E-state index contributed by atoms with van der Waals surface area (Å²) in [6.45, 7) is 0.874. The van der Waals surface area contributed by atoms with E-state index in [1.807, 2.05) is 18.2 Å². The SMILES string of the molecule is NCc1cscc1-c1ccc2c(c1)OCO2. The van der Waals surface area contributed by atoms with Crippen molar-refractivity contribution in [2.45, 2.75) is 6.54 Å². The van der Waals surface area contributed by atoms with Crippen molar-refractivity contribution in [3.05, 3.63) is 34.5 Å². The lowest BCUT2D eigenvalue weighted by Gasteiger charge is -2.03.